The lowest BCUT2D eigenvalue weighted by Gasteiger charge is -2.33. The van der Waals surface area contributed by atoms with Crippen molar-refractivity contribution in [2.24, 2.45) is 17.8 Å². The Labute approximate surface area is 297 Å². The Hall–Kier alpha value is -4.40. The molecule has 15 heteroatoms. The van der Waals surface area contributed by atoms with Gasteiger partial charge in [-0.05, 0) is 75.5 Å². The third kappa shape index (κ3) is 7.22. The summed E-state index contributed by atoms with van der Waals surface area (Å²) in [6.07, 6.45) is 6.83. The van der Waals surface area contributed by atoms with Crippen molar-refractivity contribution < 1.29 is 42.2 Å². The molecular formula is C36H47N5O9S. The predicted octanol–water partition coefficient (Wildman–Crippen LogP) is 3.50. The molecule has 0 bridgehead atoms. The number of benzene rings is 1. The molecule has 4 N–H and O–H groups in total. The van der Waals surface area contributed by atoms with Crippen molar-refractivity contribution in [3.63, 3.8) is 0 Å². The highest BCUT2D eigenvalue weighted by Gasteiger charge is 2.63. The lowest BCUT2D eigenvalue weighted by atomic mass is 9.85. The summed E-state index contributed by atoms with van der Waals surface area (Å²) in [5.41, 5.74) is -1.54. The molecule has 6 rings (SSSR count). The Morgan fingerprint density at radius 1 is 1.16 bits per heavy atom. The Bertz CT molecular complexity index is 1850. The van der Waals surface area contributed by atoms with E-state index in [1.165, 1.54) is 4.90 Å². The minimum atomic E-state index is -4.00. The molecule has 0 radical (unpaired) electrons. The molecule has 4 aliphatic rings. The number of nitrogens with zero attached hydrogens (tertiary/aromatic N) is 2. The van der Waals surface area contributed by atoms with Gasteiger partial charge in [0.25, 0.3) is 5.91 Å². The van der Waals surface area contributed by atoms with Crippen molar-refractivity contribution in [2.45, 2.75) is 101 Å². The Kier molecular flexibility index (Phi) is 9.96. The summed E-state index contributed by atoms with van der Waals surface area (Å²) in [4.78, 5) is 60.5. The molecule has 4 amide bonds. The number of hydrogen-bond donors (Lipinski definition) is 4. The highest BCUT2D eigenvalue weighted by Crippen LogP contribution is 2.47. The fourth-order valence-electron chi connectivity index (χ4n) is 7.53. The second-order valence-electron chi connectivity index (χ2n) is 14.8. The van der Waals surface area contributed by atoms with Crippen LogP contribution in [-0.4, -0.2) is 89.4 Å². The van der Waals surface area contributed by atoms with E-state index in [0.717, 1.165) is 11.8 Å². The minimum Gasteiger partial charge on any atom is -0.496 e. The molecule has 3 heterocycles. The zero-order chi connectivity index (χ0) is 36.7. The third-order valence-corrected chi connectivity index (χ3v) is 13.3. The quantitative estimate of drug-likeness (QED) is 0.293. The summed E-state index contributed by atoms with van der Waals surface area (Å²) in [7, 11) is -2.44. The van der Waals surface area contributed by atoms with Crippen LogP contribution < -0.4 is 24.8 Å². The van der Waals surface area contributed by atoms with E-state index in [-0.39, 0.29) is 37.1 Å². The smallest absolute Gasteiger partial charge is 0.405 e. The molecule has 276 valence electrons. The summed E-state index contributed by atoms with van der Waals surface area (Å²) in [6, 6.07) is 4.93. The summed E-state index contributed by atoms with van der Waals surface area (Å²) in [6.45, 7) is 5.48. The molecule has 2 aliphatic carbocycles. The predicted molar refractivity (Wildman–Crippen MR) is 187 cm³/mol. The number of carboxylic acid groups (broad SMARTS) is 1. The summed E-state index contributed by atoms with van der Waals surface area (Å²) < 4.78 is 39.3. The van der Waals surface area contributed by atoms with Crippen LogP contribution in [0.15, 0.2) is 42.6 Å². The van der Waals surface area contributed by atoms with Gasteiger partial charge < -0.3 is 30.1 Å². The second kappa shape index (κ2) is 14.0. The van der Waals surface area contributed by atoms with Crippen molar-refractivity contribution in [1.82, 2.24) is 25.2 Å². The van der Waals surface area contributed by atoms with Crippen molar-refractivity contribution in [2.75, 3.05) is 13.7 Å². The van der Waals surface area contributed by atoms with Crippen molar-refractivity contribution in [3.8, 4) is 11.6 Å². The van der Waals surface area contributed by atoms with E-state index in [1.54, 1.807) is 32.4 Å². The number of aromatic nitrogens is 1. The highest BCUT2D eigenvalue weighted by molar-refractivity contribution is 7.91. The first kappa shape index (κ1) is 36.4. The molecule has 7 atom stereocenters. The molecule has 0 unspecified atom stereocenters. The summed E-state index contributed by atoms with van der Waals surface area (Å²) in [5, 5.41) is 16.6. The Morgan fingerprint density at radius 3 is 2.61 bits per heavy atom. The number of rotatable bonds is 8. The first-order valence-electron chi connectivity index (χ1n) is 17.7. The topological polar surface area (TPSA) is 193 Å². The van der Waals surface area contributed by atoms with Gasteiger partial charge in [-0.2, -0.15) is 0 Å². The maximum Gasteiger partial charge on any atom is 0.405 e. The molecule has 2 saturated carbocycles. The van der Waals surface area contributed by atoms with Gasteiger partial charge in [-0.3, -0.25) is 19.1 Å². The molecular weight excluding hydrogens is 678 g/mol. The van der Waals surface area contributed by atoms with Crippen LogP contribution in [-0.2, 0) is 24.4 Å². The summed E-state index contributed by atoms with van der Waals surface area (Å²) in [5.74, 6) is -1.84. The number of pyridine rings is 1. The number of sulfonamides is 1. The molecule has 51 heavy (non-hydrogen) atoms. The van der Waals surface area contributed by atoms with Crippen LogP contribution in [0.4, 0.5) is 4.79 Å². The Balaban J connectivity index is 1.35. The number of allylic oxidation sites excluding steroid dienone is 1. The molecule has 2 aromatic rings. The monoisotopic (exact) mass is 725 g/mol. The maximum absolute atomic E-state index is 14.5. The van der Waals surface area contributed by atoms with Gasteiger partial charge in [0, 0.05) is 29.3 Å². The molecule has 1 saturated heterocycles. The van der Waals surface area contributed by atoms with Crippen LogP contribution >= 0.6 is 0 Å². The van der Waals surface area contributed by atoms with Crippen molar-refractivity contribution >= 4 is 44.6 Å². The average molecular weight is 726 g/mol. The van der Waals surface area contributed by atoms with E-state index >= 15 is 0 Å². The van der Waals surface area contributed by atoms with E-state index < -0.39 is 68.2 Å². The van der Waals surface area contributed by atoms with Crippen LogP contribution in [0.1, 0.15) is 72.1 Å². The van der Waals surface area contributed by atoms with Gasteiger partial charge in [-0.1, -0.05) is 38.5 Å². The van der Waals surface area contributed by atoms with Crippen LogP contribution in [0.25, 0.3) is 10.8 Å². The fraction of sp³-hybridized carbons (Fsp3) is 0.583. The average Bonchev–Trinajstić information content (AvgIpc) is 3.97. The number of amides is 4. The van der Waals surface area contributed by atoms with Crippen LogP contribution in [0, 0.1) is 17.8 Å². The second-order valence-corrected chi connectivity index (χ2v) is 16.9. The summed E-state index contributed by atoms with van der Waals surface area (Å²) >= 11 is 0. The van der Waals surface area contributed by atoms with E-state index in [9.17, 15) is 32.7 Å². The van der Waals surface area contributed by atoms with Crippen LogP contribution in [0.2, 0.25) is 0 Å². The highest BCUT2D eigenvalue weighted by atomic mass is 32.2. The van der Waals surface area contributed by atoms with Gasteiger partial charge in [-0.25, -0.2) is 18.2 Å². The van der Waals surface area contributed by atoms with Crippen molar-refractivity contribution in [3.05, 3.63) is 42.6 Å². The van der Waals surface area contributed by atoms with Crippen molar-refractivity contribution in [1.29, 1.82) is 0 Å². The third-order valence-electron chi connectivity index (χ3n) is 11.1. The minimum absolute atomic E-state index is 0.0150. The molecule has 14 nitrogen and oxygen atoms in total. The van der Waals surface area contributed by atoms with Gasteiger partial charge in [0.2, 0.25) is 27.7 Å². The first-order chi connectivity index (χ1) is 24.2. The molecule has 3 fully saturated rings. The van der Waals surface area contributed by atoms with E-state index in [2.05, 4.69) is 27.3 Å². The van der Waals surface area contributed by atoms with Crippen LogP contribution in [0.3, 0.4) is 0 Å². The van der Waals surface area contributed by atoms with E-state index in [0.29, 0.717) is 43.2 Å². The van der Waals surface area contributed by atoms with Gasteiger partial charge in [0.1, 0.15) is 29.5 Å². The molecule has 2 aliphatic heterocycles. The fourth-order valence-corrected chi connectivity index (χ4v) is 8.84. The van der Waals surface area contributed by atoms with E-state index in [4.69, 9.17) is 9.47 Å². The lowest BCUT2D eigenvalue weighted by Crippen LogP contribution is -2.59. The largest absolute Gasteiger partial charge is 0.496 e. The maximum atomic E-state index is 14.5. The number of ether oxygens (including phenoxy) is 2. The van der Waals surface area contributed by atoms with Gasteiger partial charge >= 0.3 is 6.09 Å². The number of carbonyl (C=O) groups excluding carboxylic acids is 3. The zero-order valence-corrected chi connectivity index (χ0v) is 30.2. The molecule has 0 spiro atoms. The van der Waals surface area contributed by atoms with Gasteiger partial charge in [0.05, 0.1) is 18.4 Å². The normalized spacial score (nSPS) is 30.5. The van der Waals surface area contributed by atoms with E-state index in [1.807, 2.05) is 31.2 Å². The van der Waals surface area contributed by atoms with Gasteiger partial charge in [0.15, 0.2) is 0 Å². The SMILES string of the molecule is CC[C@@H]1C[C@@H](C)CCC=C[C@@H]2C[C@@]2(C(=O)NS(=O)(=O)C2(C)CC2)NC(=O)[C@@H]2C[C@@H](Oc3nccc4c(OC)cccc34)CN2C(=O)[C@H]1NC(=O)O. The first-order valence-corrected chi connectivity index (χ1v) is 19.1. The molecule has 1 aromatic carbocycles. The number of carbonyl (C=O) groups is 4. The number of hydrogen-bond acceptors (Lipinski definition) is 9. The Morgan fingerprint density at radius 2 is 1.92 bits per heavy atom. The number of fused-ring (bicyclic) bond motifs is 3. The number of nitrogens with one attached hydrogen (secondary N) is 3. The molecule has 1 aromatic heterocycles. The van der Waals surface area contributed by atoms with Gasteiger partial charge in [-0.15, -0.1) is 0 Å². The zero-order valence-electron chi connectivity index (χ0n) is 29.4. The van der Waals surface area contributed by atoms with Crippen LogP contribution in [0.5, 0.6) is 11.6 Å². The number of methoxy groups -OCH3 is 1. The lowest BCUT2D eigenvalue weighted by molar-refractivity contribution is -0.142. The standard InChI is InChI=1S/C36H47N5O9S/c1-5-22-17-21(2)9-6-7-10-23-19-36(23,33(44)40-51(47,48)35(3)14-15-35)39-30(42)27-18-24(20-41(27)32(43)29(22)38-34(45)46)50-31-26-11-8-12-28(49-4)25(26)13-16-37-31/h7-8,10-13,16,21-24,27,29,38H,5-6,9,14-15,17-20H2,1-4H3,(H,39,42)(H,40,44)(H,45,46)/t21-,22+,23+,24+,27-,29-,36+/m0/s1.